The van der Waals surface area contributed by atoms with E-state index < -0.39 is 24.2 Å². The summed E-state index contributed by atoms with van der Waals surface area (Å²) in [6, 6.07) is 4.62. The Morgan fingerprint density at radius 2 is 1.97 bits per heavy atom. The standard InChI is InChI=1S/C21H22BrF3N6O/c1-11-15(12(2)30(3)29-11)9-26-20(32)16-10-27-31-18(21(23,24)25)8-17(28-19(16)31)13-4-6-14(22)7-5-13/h4-7,10,17-18,28H,8-9H2,1-3H3,(H,26,32)/t17-,18-/m1/s1. The molecule has 1 amide bonds. The summed E-state index contributed by atoms with van der Waals surface area (Å²) in [6.45, 7) is 3.95. The van der Waals surface area contributed by atoms with Crippen LogP contribution in [0.4, 0.5) is 19.0 Å². The fourth-order valence-electron chi connectivity index (χ4n) is 3.98. The highest BCUT2D eigenvalue weighted by atomic mass is 79.9. The van der Waals surface area contributed by atoms with E-state index in [0.717, 1.165) is 26.1 Å². The molecule has 1 aliphatic heterocycles. The van der Waals surface area contributed by atoms with Gasteiger partial charge in [0.25, 0.3) is 5.91 Å². The van der Waals surface area contributed by atoms with Crippen LogP contribution in [0.25, 0.3) is 0 Å². The van der Waals surface area contributed by atoms with Crippen LogP contribution >= 0.6 is 15.9 Å². The van der Waals surface area contributed by atoms with Gasteiger partial charge in [-0.2, -0.15) is 23.4 Å². The van der Waals surface area contributed by atoms with Crippen molar-refractivity contribution >= 4 is 27.7 Å². The summed E-state index contributed by atoms with van der Waals surface area (Å²) in [5.41, 5.74) is 3.33. The molecule has 3 aromatic rings. The van der Waals surface area contributed by atoms with Gasteiger partial charge >= 0.3 is 6.18 Å². The van der Waals surface area contributed by atoms with Crippen LogP contribution in [0.3, 0.4) is 0 Å². The number of nitrogens with one attached hydrogen (secondary N) is 2. The van der Waals surface area contributed by atoms with E-state index in [1.54, 1.807) is 28.9 Å². The van der Waals surface area contributed by atoms with Gasteiger partial charge in [0.2, 0.25) is 0 Å². The van der Waals surface area contributed by atoms with Gasteiger partial charge in [-0.15, -0.1) is 0 Å². The summed E-state index contributed by atoms with van der Waals surface area (Å²) in [5, 5.41) is 14.1. The number of hydrogen-bond acceptors (Lipinski definition) is 4. The Morgan fingerprint density at radius 1 is 1.28 bits per heavy atom. The van der Waals surface area contributed by atoms with Crippen molar-refractivity contribution in [3.63, 3.8) is 0 Å². The third-order valence-corrected chi connectivity index (χ3v) is 6.37. The maximum Gasteiger partial charge on any atom is 0.410 e. The van der Waals surface area contributed by atoms with Crippen LogP contribution in [0.2, 0.25) is 0 Å². The number of alkyl halides is 3. The molecule has 0 unspecified atom stereocenters. The monoisotopic (exact) mass is 510 g/mol. The Morgan fingerprint density at radius 3 is 2.56 bits per heavy atom. The Labute approximate surface area is 191 Å². The van der Waals surface area contributed by atoms with Gasteiger partial charge in [-0.25, -0.2) is 4.68 Å². The minimum atomic E-state index is -4.51. The van der Waals surface area contributed by atoms with Gasteiger partial charge in [0, 0.05) is 35.7 Å². The molecule has 0 bridgehead atoms. The van der Waals surface area contributed by atoms with Gasteiger partial charge in [0.05, 0.1) is 17.9 Å². The summed E-state index contributed by atoms with van der Waals surface area (Å²) in [4.78, 5) is 12.9. The second-order valence-electron chi connectivity index (χ2n) is 7.85. The number of carbonyl (C=O) groups is 1. The molecule has 0 radical (unpaired) electrons. The number of benzene rings is 1. The lowest BCUT2D eigenvalue weighted by molar-refractivity contribution is -0.173. The summed E-state index contributed by atoms with van der Waals surface area (Å²) in [5.74, 6) is -0.442. The van der Waals surface area contributed by atoms with Crippen molar-refractivity contribution in [2.24, 2.45) is 7.05 Å². The molecule has 4 rings (SSSR count). The van der Waals surface area contributed by atoms with Crippen molar-refractivity contribution in [2.75, 3.05) is 5.32 Å². The molecule has 3 heterocycles. The Kier molecular flexibility index (Phi) is 5.78. The molecular formula is C21H22BrF3N6O. The second kappa shape index (κ2) is 8.27. The van der Waals surface area contributed by atoms with Crippen LogP contribution in [0.1, 0.15) is 51.4 Å². The molecule has 2 atom stereocenters. The number of aryl methyl sites for hydroxylation is 2. The second-order valence-corrected chi connectivity index (χ2v) is 8.76. The van der Waals surface area contributed by atoms with Gasteiger partial charge in [-0.3, -0.25) is 9.48 Å². The first-order chi connectivity index (χ1) is 15.1. The number of carbonyl (C=O) groups excluding carboxylic acids is 1. The van der Waals surface area contributed by atoms with Gasteiger partial charge in [0.15, 0.2) is 6.04 Å². The van der Waals surface area contributed by atoms with Gasteiger partial charge < -0.3 is 10.6 Å². The Bertz CT molecular complexity index is 1150. The van der Waals surface area contributed by atoms with Crippen LogP contribution in [-0.2, 0) is 13.6 Å². The molecule has 7 nitrogen and oxygen atoms in total. The van der Waals surface area contributed by atoms with E-state index in [1.807, 2.05) is 20.9 Å². The lowest BCUT2D eigenvalue weighted by atomic mass is 9.96. The Balaban J connectivity index is 1.63. The number of nitrogens with zero attached hydrogens (tertiary/aromatic N) is 4. The van der Waals surface area contributed by atoms with E-state index in [2.05, 4.69) is 36.8 Å². The molecule has 0 fully saturated rings. The first kappa shape index (κ1) is 22.4. The molecule has 2 aromatic heterocycles. The van der Waals surface area contributed by atoms with Gasteiger partial charge in [0.1, 0.15) is 11.4 Å². The van der Waals surface area contributed by atoms with E-state index in [-0.39, 0.29) is 24.3 Å². The number of halogens is 4. The first-order valence-electron chi connectivity index (χ1n) is 9.99. The summed E-state index contributed by atoms with van der Waals surface area (Å²) in [7, 11) is 1.81. The number of hydrogen-bond donors (Lipinski definition) is 2. The lowest BCUT2D eigenvalue weighted by Gasteiger charge is -2.34. The average Bonchev–Trinajstić information content (AvgIpc) is 3.26. The van der Waals surface area contributed by atoms with Crippen LogP contribution < -0.4 is 10.6 Å². The fourth-order valence-corrected chi connectivity index (χ4v) is 4.24. The van der Waals surface area contributed by atoms with Crippen molar-refractivity contribution in [1.82, 2.24) is 24.9 Å². The molecule has 1 aliphatic rings. The molecule has 170 valence electrons. The van der Waals surface area contributed by atoms with E-state index >= 15 is 0 Å². The number of fused-ring (bicyclic) bond motifs is 1. The molecule has 0 saturated heterocycles. The van der Waals surface area contributed by atoms with Gasteiger partial charge in [-0.05, 0) is 31.5 Å². The zero-order valence-corrected chi connectivity index (χ0v) is 19.3. The number of rotatable bonds is 4. The lowest BCUT2D eigenvalue weighted by Crippen LogP contribution is -2.36. The van der Waals surface area contributed by atoms with E-state index in [4.69, 9.17) is 0 Å². The van der Waals surface area contributed by atoms with Crippen LogP contribution in [0, 0.1) is 13.8 Å². The zero-order valence-electron chi connectivity index (χ0n) is 17.7. The predicted octanol–water partition coefficient (Wildman–Crippen LogP) is 4.59. The third kappa shape index (κ3) is 4.13. The highest BCUT2D eigenvalue weighted by molar-refractivity contribution is 9.10. The number of anilines is 1. The van der Waals surface area contributed by atoms with Crippen LogP contribution in [0.5, 0.6) is 0 Å². The highest BCUT2D eigenvalue weighted by Gasteiger charge is 2.47. The van der Waals surface area contributed by atoms with Crippen LogP contribution in [-0.4, -0.2) is 31.6 Å². The number of aromatic nitrogens is 4. The minimum absolute atomic E-state index is 0.0589. The molecule has 32 heavy (non-hydrogen) atoms. The van der Waals surface area contributed by atoms with Crippen molar-refractivity contribution in [2.45, 2.75) is 45.1 Å². The molecule has 1 aromatic carbocycles. The maximum atomic E-state index is 13.8. The molecule has 11 heteroatoms. The summed E-state index contributed by atoms with van der Waals surface area (Å²) in [6.07, 6.45) is -3.55. The van der Waals surface area contributed by atoms with E-state index in [1.165, 1.54) is 6.20 Å². The summed E-state index contributed by atoms with van der Waals surface area (Å²) < 4.78 is 44.9. The normalized spacial score (nSPS) is 18.2. The average molecular weight is 511 g/mol. The topological polar surface area (TPSA) is 76.8 Å². The van der Waals surface area contributed by atoms with Crippen molar-refractivity contribution in [3.8, 4) is 0 Å². The minimum Gasteiger partial charge on any atom is -0.363 e. The molecular weight excluding hydrogens is 489 g/mol. The Hall–Kier alpha value is -2.82. The SMILES string of the molecule is Cc1nn(C)c(C)c1CNC(=O)c1cnn2c1N[C@@H](c1ccc(Br)cc1)C[C@@H]2C(F)(F)F. The van der Waals surface area contributed by atoms with Crippen molar-refractivity contribution in [3.05, 3.63) is 63.0 Å². The predicted molar refractivity (Wildman–Crippen MR) is 116 cm³/mol. The van der Waals surface area contributed by atoms with Crippen LogP contribution in [0.15, 0.2) is 34.9 Å². The summed E-state index contributed by atoms with van der Waals surface area (Å²) >= 11 is 3.34. The smallest absolute Gasteiger partial charge is 0.363 e. The fraction of sp³-hybridized carbons (Fsp3) is 0.381. The van der Waals surface area contributed by atoms with Crippen molar-refractivity contribution < 1.29 is 18.0 Å². The molecule has 0 saturated carbocycles. The molecule has 2 N–H and O–H groups in total. The third-order valence-electron chi connectivity index (χ3n) is 5.84. The quantitative estimate of drug-likeness (QED) is 0.538. The largest absolute Gasteiger partial charge is 0.410 e. The first-order valence-corrected chi connectivity index (χ1v) is 10.8. The highest BCUT2D eigenvalue weighted by Crippen LogP contribution is 2.44. The number of amides is 1. The van der Waals surface area contributed by atoms with Crippen molar-refractivity contribution in [1.29, 1.82) is 0 Å². The zero-order chi connectivity index (χ0) is 23.2. The van der Waals surface area contributed by atoms with Gasteiger partial charge in [-0.1, -0.05) is 28.1 Å². The van der Waals surface area contributed by atoms with E-state index in [0.29, 0.717) is 5.56 Å². The molecule has 0 spiro atoms. The van der Waals surface area contributed by atoms with E-state index in [9.17, 15) is 18.0 Å². The molecule has 0 aliphatic carbocycles. The maximum absolute atomic E-state index is 13.8.